The first-order valence-corrected chi connectivity index (χ1v) is 5.49. The molecule has 17 heavy (non-hydrogen) atoms. The van der Waals surface area contributed by atoms with Crippen molar-refractivity contribution in [3.05, 3.63) is 35.1 Å². The largest absolute Gasteiger partial charge is 0.416 e. The molecule has 0 radical (unpaired) electrons. The maximum Gasteiger partial charge on any atom is 0.416 e. The fraction of sp³-hybridized carbons (Fsp3) is 0.500. The Bertz CT molecular complexity index is 413. The molecular weight excluding hydrogens is 234 g/mol. The van der Waals surface area contributed by atoms with E-state index in [2.05, 4.69) is 5.32 Å². The molecule has 5 heteroatoms. The number of hydrogen-bond acceptors (Lipinski definition) is 1. The molecule has 1 N–H and O–H groups in total. The molecule has 2 unspecified atom stereocenters. The molecule has 0 saturated carbocycles. The average molecular weight is 247 g/mol. The van der Waals surface area contributed by atoms with Gasteiger partial charge in [-0.15, -0.1) is 0 Å². The van der Waals surface area contributed by atoms with Crippen LogP contribution in [-0.4, -0.2) is 12.6 Å². The summed E-state index contributed by atoms with van der Waals surface area (Å²) in [5.41, 5.74) is -0.485. The highest BCUT2D eigenvalue weighted by Gasteiger charge is 2.33. The Morgan fingerprint density at radius 2 is 1.94 bits per heavy atom. The normalized spacial score (nSPS) is 25.2. The molecule has 0 aliphatic carbocycles. The van der Waals surface area contributed by atoms with E-state index in [-0.39, 0.29) is 12.0 Å². The third-order valence-electron chi connectivity index (χ3n) is 3.20. The van der Waals surface area contributed by atoms with Crippen LogP contribution in [0.15, 0.2) is 18.2 Å². The van der Waals surface area contributed by atoms with Crippen molar-refractivity contribution in [2.75, 3.05) is 6.54 Å². The second-order valence-electron chi connectivity index (χ2n) is 4.41. The van der Waals surface area contributed by atoms with Gasteiger partial charge in [0.25, 0.3) is 0 Å². The van der Waals surface area contributed by atoms with Gasteiger partial charge >= 0.3 is 6.18 Å². The SMILES string of the molecule is CC1NCCC1c1cc(F)cc(C(F)(F)F)c1. The van der Waals surface area contributed by atoms with Crippen molar-refractivity contribution in [3.8, 4) is 0 Å². The second-order valence-corrected chi connectivity index (χ2v) is 4.41. The van der Waals surface area contributed by atoms with E-state index >= 15 is 0 Å². The van der Waals surface area contributed by atoms with Crippen LogP contribution in [0.1, 0.15) is 30.4 Å². The van der Waals surface area contributed by atoms with Gasteiger partial charge in [0.2, 0.25) is 0 Å². The molecule has 1 saturated heterocycles. The van der Waals surface area contributed by atoms with Gasteiger partial charge in [0.1, 0.15) is 5.82 Å². The Balaban J connectivity index is 2.38. The van der Waals surface area contributed by atoms with Gasteiger partial charge in [-0.1, -0.05) is 0 Å². The lowest BCUT2D eigenvalue weighted by Crippen LogP contribution is -2.22. The molecular formula is C12H13F4N. The highest BCUT2D eigenvalue weighted by molar-refractivity contribution is 5.31. The van der Waals surface area contributed by atoms with Crippen LogP contribution in [0.25, 0.3) is 0 Å². The van der Waals surface area contributed by atoms with Crippen LogP contribution in [0.4, 0.5) is 17.6 Å². The van der Waals surface area contributed by atoms with E-state index in [0.29, 0.717) is 11.6 Å². The van der Waals surface area contributed by atoms with Crippen LogP contribution < -0.4 is 5.32 Å². The summed E-state index contributed by atoms with van der Waals surface area (Å²) >= 11 is 0. The molecule has 0 bridgehead atoms. The number of benzene rings is 1. The standard InChI is InChI=1S/C12H13F4N/c1-7-11(2-3-17-7)8-4-9(12(14,15)16)6-10(13)5-8/h4-7,11,17H,2-3H2,1H3. The number of nitrogens with one attached hydrogen (secondary N) is 1. The molecule has 1 aliphatic heterocycles. The molecule has 2 rings (SSSR count). The van der Waals surface area contributed by atoms with E-state index in [9.17, 15) is 17.6 Å². The van der Waals surface area contributed by atoms with E-state index < -0.39 is 17.6 Å². The van der Waals surface area contributed by atoms with E-state index in [0.717, 1.165) is 19.0 Å². The molecule has 1 nitrogen and oxygen atoms in total. The molecule has 0 spiro atoms. The molecule has 0 aromatic heterocycles. The van der Waals surface area contributed by atoms with Crippen LogP contribution in [0.5, 0.6) is 0 Å². The minimum Gasteiger partial charge on any atom is -0.314 e. The van der Waals surface area contributed by atoms with E-state index in [1.165, 1.54) is 6.07 Å². The van der Waals surface area contributed by atoms with Gasteiger partial charge in [-0.2, -0.15) is 13.2 Å². The van der Waals surface area contributed by atoms with Crippen LogP contribution >= 0.6 is 0 Å². The monoisotopic (exact) mass is 247 g/mol. The lowest BCUT2D eigenvalue weighted by Gasteiger charge is -2.17. The van der Waals surface area contributed by atoms with Gasteiger partial charge in [-0.25, -0.2) is 4.39 Å². The van der Waals surface area contributed by atoms with Crippen LogP contribution in [-0.2, 0) is 6.18 Å². The Labute approximate surface area is 96.8 Å². The Morgan fingerprint density at radius 1 is 1.24 bits per heavy atom. The average Bonchev–Trinajstić information content (AvgIpc) is 2.62. The zero-order valence-corrected chi connectivity index (χ0v) is 9.31. The van der Waals surface area contributed by atoms with Crippen LogP contribution in [0.2, 0.25) is 0 Å². The molecule has 1 fully saturated rings. The summed E-state index contributed by atoms with van der Waals surface area (Å²) in [4.78, 5) is 0. The predicted molar refractivity (Wildman–Crippen MR) is 56.2 cm³/mol. The van der Waals surface area contributed by atoms with Crippen molar-refractivity contribution < 1.29 is 17.6 Å². The Hall–Kier alpha value is -1.10. The minimum absolute atomic E-state index is 0.0493. The summed E-state index contributed by atoms with van der Waals surface area (Å²) in [6.45, 7) is 2.65. The van der Waals surface area contributed by atoms with Crippen molar-refractivity contribution in [3.63, 3.8) is 0 Å². The number of hydrogen-bond donors (Lipinski definition) is 1. The van der Waals surface area contributed by atoms with Gasteiger partial charge in [0.15, 0.2) is 0 Å². The summed E-state index contributed by atoms with van der Waals surface area (Å²) in [7, 11) is 0. The maximum atomic E-state index is 13.2. The molecule has 1 heterocycles. The quantitative estimate of drug-likeness (QED) is 0.751. The molecule has 1 aromatic carbocycles. The van der Waals surface area contributed by atoms with E-state index in [1.54, 1.807) is 0 Å². The van der Waals surface area contributed by atoms with Crippen molar-refractivity contribution >= 4 is 0 Å². The van der Waals surface area contributed by atoms with Gasteiger partial charge in [-0.3, -0.25) is 0 Å². The smallest absolute Gasteiger partial charge is 0.314 e. The lowest BCUT2D eigenvalue weighted by atomic mass is 9.91. The van der Waals surface area contributed by atoms with Crippen LogP contribution in [0, 0.1) is 5.82 Å². The predicted octanol–water partition coefficient (Wildman–Crippen LogP) is 3.31. The highest BCUT2D eigenvalue weighted by atomic mass is 19.4. The molecule has 1 aromatic rings. The maximum absolute atomic E-state index is 13.2. The molecule has 0 amide bonds. The fourth-order valence-corrected chi connectivity index (χ4v) is 2.30. The zero-order chi connectivity index (χ0) is 12.6. The summed E-state index contributed by atoms with van der Waals surface area (Å²) in [6, 6.07) is 2.87. The van der Waals surface area contributed by atoms with Gasteiger partial charge in [0.05, 0.1) is 5.56 Å². The lowest BCUT2D eigenvalue weighted by molar-refractivity contribution is -0.137. The second kappa shape index (κ2) is 4.29. The van der Waals surface area contributed by atoms with Crippen molar-refractivity contribution in [1.82, 2.24) is 5.32 Å². The summed E-state index contributed by atoms with van der Waals surface area (Å²) in [5, 5.41) is 3.14. The molecule has 2 atom stereocenters. The Morgan fingerprint density at radius 3 is 2.47 bits per heavy atom. The number of halogens is 4. The number of alkyl halides is 3. The van der Waals surface area contributed by atoms with Crippen LogP contribution in [0.3, 0.4) is 0 Å². The summed E-state index contributed by atoms with van der Waals surface area (Å²) in [5.74, 6) is -0.874. The molecule has 1 aliphatic rings. The summed E-state index contributed by atoms with van der Waals surface area (Å²) in [6.07, 6.45) is -3.76. The first-order valence-electron chi connectivity index (χ1n) is 5.49. The van der Waals surface area contributed by atoms with Crippen molar-refractivity contribution in [1.29, 1.82) is 0 Å². The number of rotatable bonds is 1. The Kier molecular flexibility index (Phi) is 3.12. The van der Waals surface area contributed by atoms with Gasteiger partial charge in [-0.05, 0) is 43.7 Å². The fourth-order valence-electron chi connectivity index (χ4n) is 2.30. The van der Waals surface area contributed by atoms with Crippen molar-refractivity contribution in [2.45, 2.75) is 31.5 Å². The summed E-state index contributed by atoms with van der Waals surface area (Å²) < 4.78 is 50.9. The third-order valence-corrected chi connectivity index (χ3v) is 3.20. The van der Waals surface area contributed by atoms with E-state index in [1.807, 2.05) is 6.92 Å². The topological polar surface area (TPSA) is 12.0 Å². The van der Waals surface area contributed by atoms with Gasteiger partial charge < -0.3 is 5.32 Å². The van der Waals surface area contributed by atoms with E-state index in [4.69, 9.17) is 0 Å². The first kappa shape index (κ1) is 12.4. The third kappa shape index (κ3) is 2.60. The molecule has 94 valence electrons. The van der Waals surface area contributed by atoms with Gasteiger partial charge in [0, 0.05) is 12.0 Å². The first-order chi connectivity index (χ1) is 7.88. The highest BCUT2D eigenvalue weighted by Crippen LogP contribution is 2.34. The zero-order valence-electron chi connectivity index (χ0n) is 9.31. The van der Waals surface area contributed by atoms with Crippen molar-refractivity contribution in [2.24, 2.45) is 0 Å². The minimum atomic E-state index is -4.49.